The zero-order valence-electron chi connectivity index (χ0n) is 13.4. The third kappa shape index (κ3) is 8.53. The smallest absolute Gasteiger partial charge is 0.0276 e. The van der Waals surface area contributed by atoms with Gasteiger partial charge in [-0.15, -0.1) is 0 Å². The molecular weight excluding hydrogens is 240 g/mol. The van der Waals surface area contributed by atoms with Gasteiger partial charge in [-0.25, -0.2) is 0 Å². The van der Waals surface area contributed by atoms with Crippen molar-refractivity contribution in [2.45, 2.75) is 46.5 Å². The number of allylic oxidation sites excluding steroid dienone is 4. The molecule has 0 bridgehead atoms. The topological polar surface area (TPSA) is 0 Å². The van der Waals surface area contributed by atoms with Crippen LogP contribution in [0.1, 0.15) is 45.6 Å². The first kappa shape index (κ1) is 18.4. The van der Waals surface area contributed by atoms with Gasteiger partial charge in [0.25, 0.3) is 0 Å². The average Bonchev–Trinajstić information content (AvgIpc) is 2.52. The van der Waals surface area contributed by atoms with E-state index in [0.717, 1.165) is 12.3 Å². The summed E-state index contributed by atoms with van der Waals surface area (Å²) >= 11 is 0. The van der Waals surface area contributed by atoms with Gasteiger partial charge in [-0.2, -0.15) is 0 Å². The number of rotatable bonds is 8. The Morgan fingerprint density at radius 3 is 2.30 bits per heavy atom. The molecule has 0 fully saturated rings. The molecule has 1 rings (SSSR count). The third-order valence-electron chi connectivity index (χ3n) is 3.29. The summed E-state index contributed by atoms with van der Waals surface area (Å²) in [6, 6.07) is 10.7. The summed E-state index contributed by atoms with van der Waals surface area (Å²) < 4.78 is 0. The second-order valence-corrected chi connectivity index (χ2v) is 4.85. The van der Waals surface area contributed by atoms with E-state index in [1.807, 2.05) is 26.0 Å². The maximum absolute atomic E-state index is 3.84. The van der Waals surface area contributed by atoms with Crippen molar-refractivity contribution < 1.29 is 0 Å². The third-order valence-corrected chi connectivity index (χ3v) is 3.29. The molecule has 0 radical (unpaired) electrons. The molecular formula is C20H30. The maximum Gasteiger partial charge on any atom is -0.0276 e. The van der Waals surface area contributed by atoms with Gasteiger partial charge in [0.2, 0.25) is 0 Å². The van der Waals surface area contributed by atoms with E-state index in [9.17, 15) is 0 Å². The molecule has 0 saturated carbocycles. The van der Waals surface area contributed by atoms with Gasteiger partial charge in [0.1, 0.15) is 0 Å². The lowest BCUT2D eigenvalue weighted by atomic mass is 9.94. The highest BCUT2D eigenvalue weighted by molar-refractivity contribution is 5.20. The van der Waals surface area contributed by atoms with Gasteiger partial charge in [0.05, 0.1) is 0 Å². The first-order chi connectivity index (χ1) is 9.76. The van der Waals surface area contributed by atoms with Crippen LogP contribution in [0.2, 0.25) is 0 Å². The fourth-order valence-corrected chi connectivity index (χ4v) is 2.02. The van der Waals surface area contributed by atoms with Crippen molar-refractivity contribution in [1.29, 1.82) is 0 Å². The van der Waals surface area contributed by atoms with Crippen LogP contribution in [-0.2, 0) is 6.42 Å². The maximum atomic E-state index is 3.84. The Morgan fingerprint density at radius 2 is 1.75 bits per heavy atom. The lowest BCUT2D eigenvalue weighted by Crippen LogP contribution is -1.98. The van der Waals surface area contributed by atoms with E-state index in [2.05, 4.69) is 56.5 Å². The summed E-state index contributed by atoms with van der Waals surface area (Å²) in [6.45, 7) is 13.9. The molecule has 1 atom stereocenters. The van der Waals surface area contributed by atoms with Gasteiger partial charge in [0.15, 0.2) is 0 Å². The lowest BCUT2D eigenvalue weighted by Gasteiger charge is -2.11. The van der Waals surface area contributed by atoms with Crippen molar-refractivity contribution in [3.8, 4) is 0 Å². The van der Waals surface area contributed by atoms with Gasteiger partial charge in [0, 0.05) is 0 Å². The van der Waals surface area contributed by atoms with Gasteiger partial charge in [-0.3, -0.25) is 0 Å². The number of aryl methyl sites for hydroxylation is 1. The van der Waals surface area contributed by atoms with Gasteiger partial charge in [-0.1, -0.05) is 82.5 Å². The Kier molecular flexibility index (Phi) is 11.5. The van der Waals surface area contributed by atoms with Crippen LogP contribution < -0.4 is 0 Å². The molecule has 1 aromatic rings. The van der Waals surface area contributed by atoms with E-state index < -0.39 is 0 Å². The predicted molar refractivity (Wildman–Crippen MR) is 93.0 cm³/mol. The molecule has 0 aliphatic rings. The highest BCUT2D eigenvalue weighted by Crippen LogP contribution is 2.18. The van der Waals surface area contributed by atoms with E-state index >= 15 is 0 Å². The Hall–Kier alpha value is -1.56. The van der Waals surface area contributed by atoms with E-state index in [-0.39, 0.29) is 0 Å². The summed E-state index contributed by atoms with van der Waals surface area (Å²) in [5.41, 5.74) is 2.73. The SMILES string of the molecule is C=C/C=C(\C=C)CCC(C)CCc1ccccc1.CC. The van der Waals surface area contributed by atoms with Crippen molar-refractivity contribution in [3.05, 3.63) is 72.9 Å². The molecule has 0 aliphatic carbocycles. The molecule has 0 heterocycles. The Balaban J connectivity index is 0.00000172. The minimum atomic E-state index is 0.748. The van der Waals surface area contributed by atoms with Gasteiger partial charge in [-0.05, 0) is 42.7 Å². The highest BCUT2D eigenvalue weighted by atomic mass is 14.1. The molecule has 0 aromatic heterocycles. The average molecular weight is 270 g/mol. The van der Waals surface area contributed by atoms with Crippen LogP contribution in [0, 0.1) is 5.92 Å². The summed E-state index contributed by atoms with van der Waals surface area (Å²) in [6.07, 6.45) is 10.6. The second-order valence-electron chi connectivity index (χ2n) is 4.85. The Bertz CT molecular complexity index is 384. The van der Waals surface area contributed by atoms with Crippen molar-refractivity contribution in [2.75, 3.05) is 0 Å². The normalized spacial score (nSPS) is 12.1. The molecule has 0 heteroatoms. The van der Waals surface area contributed by atoms with Crippen molar-refractivity contribution in [2.24, 2.45) is 5.92 Å². The minimum absolute atomic E-state index is 0.748. The molecule has 0 N–H and O–H groups in total. The quantitative estimate of drug-likeness (QED) is 0.482. The fourth-order valence-electron chi connectivity index (χ4n) is 2.02. The van der Waals surface area contributed by atoms with Crippen LogP contribution >= 0.6 is 0 Å². The van der Waals surface area contributed by atoms with E-state index in [1.54, 1.807) is 0 Å². The molecule has 1 unspecified atom stereocenters. The molecule has 0 saturated heterocycles. The molecule has 20 heavy (non-hydrogen) atoms. The molecule has 1 aromatic carbocycles. The van der Waals surface area contributed by atoms with Crippen LogP contribution in [0.25, 0.3) is 0 Å². The van der Waals surface area contributed by atoms with Crippen LogP contribution in [0.3, 0.4) is 0 Å². The zero-order chi connectivity index (χ0) is 15.2. The summed E-state index contributed by atoms with van der Waals surface area (Å²) in [5.74, 6) is 0.748. The molecule has 110 valence electrons. The summed E-state index contributed by atoms with van der Waals surface area (Å²) in [7, 11) is 0. The fraction of sp³-hybridized carbons (Fsp3) is 0.400. The van der Waals surface area contributed by atoms with E-state index in [0.29, 0.717) is 0 Å². The van der Waals surface area contributed by atoms with Crippen LogP contribution in [0.15, 0.2) is 67.3 Å². The summed E-state index contributed by atoms with van der Waals surface area (Å²) in [4.78, 5) is 0. The van der Waals surface area contributed by atoms with Crippen LogP contribution in [0.5, 0.6) is 0 Å². The monoisotopic (exact) mass is 270 g/mol. The van der Waals surface area contributed by atoms with Gasteiger partial charge >= 0.3 is 0 Å². The molecule has 0 aliphatic heterocycles. The van der Waals surface area contributed by atoms with Crippen LogP contribution in [0.4, 0.5) is 0 Å². The number of hydrogen-bond acceptors (Lipinski definition) is 0. The Morgan fingerprint density at radius 1 is 1.10 bits per heavy atom. The molecule has 0 nitrogen and oxygen atoms in total. The first-order valence-electron chi connectivity index (χ1n) is 7.74. The highest BCUT2D eigenvalue weighted by Gasteiger charge is 2.03. The zero-order valence-corrected chi connectivity index (χ0v) is 13.4. The standard InChI is InChI=1S/C18H24.C2H6/c1-4-9-17(5-2)14-12-16(3)13-15-18-10-7-6-8-11-18;1-2/h4-11,16H,1-2,12-15H2,3H3;1-2H3/b17-9+;. The van der Waals surface area contributed by atoms with Crippen molar-refractivity contribution >= 4 is 0 Å². The minimum Gasteiger partial charge on any atom is -0.0991 e. The number of benzene rings is 1. The Labute approximate surface area is 125 Å². The number of hydrogen-bond donors (Lipinski definition) is 0. The molecule has 0 amide bonds. The summed E-state index contributed by atoms with van der Waals surface area (Å²) in [5, 5.41) is 0. The lowest BCUT2D eigenvalue weighted by molar-refractivity contribution is 0.494. The predicted octanol–water partition coefficient (Wildman–Crippen LogP) is 6.36. The van der Waals surface area contributed by atoms with Crippen molar-refractivity contribution in [1.82, 2.24) is 0 Å². The van der Waals surface area contributed by atoms with Gasteiger partial charge < -0.3 is 0 Å². The second kappa shape index (κ2) is 12.5. The van der Waals surface area contributed by atoms with E-state index in [1.165, 1.54) is 30.4 Å². The molecule has 0 spiro atoms. The largest absolute Gasteiger partial charge is 0.0991 e. The van der Waals surface area contributed by atoms with Crippen LogP contribution in [-0.4, -0.2) is 0 Å². The first-order valence-corrected chi connectivity index (χ1v) is 7.74. The van der Waals surface area contributed by atoms with E-state index in [4.69, 9.17) is 0 Å². The van der Waals surface area contributed by atoms with Crippen molar-refractivity contribution in [3.63, 3.8) is 0 Å².